The van der Waals surface area contributed by atoms with Crippen LogP contribution >= 0.6 is 0 Å². The van der Waals surface area contributed by atoms with Gasteiger partial charge in [0.25, 0.3) is 0 Å². The molecule has 2 atom stereocenters. The zero-order valence-electron chi connectivity index (χ0n) is 15.0. The predicted octanol–water partition coefficient (Wildman–Crippen LogP) is 3.43. The molecule has 138 valence electrons. The maximum atomic E-state index is 12.7. The van der Waals surface area contributed by atoms with E-state index in [4.69, 9.17) is 0 Å². The summed E-state index contributed by atoms with van der Waals surface area (Å²) in [5.74, 6) is -1.52. The largest absolute Gasteiger partial charge is 0.481 e. The summed E-state index contributed by atoms with van der Waals surface area (Å²) >= 11 is 0. The first-order valence-corrected chi connectivity index (χ1v) is 9.24. The second kappa shape index (κ2) is 7.27. The fourth-order valence-electron chi connectivity index (χ4n) is 4.03. The third-order valence-corrected chi connectivity index (χ3v) is 5.50. The van der Waals surface area contributed by atoms with Crippen molar-refractivity contribution in [1.29, 1.82) is 0 Å². The van der Waals surface area contributed by atoms with Crippen LogP contribution in [0.3, 0.4) is 0 Å². The van der Waals surface area contributed by atoms with Crippen LogP contribution < -0.4 is 0 Å². The van der Waals surface area contributed by atoms with E-state index in [0.29, 0.717) is 19.4 Å². The number of aliphatic carboxylic acids is 1. The summed E-state index contributed by atoms with van der Waals surface area (Å²) in [6.45, 7) is 0.745. The van der Waals surface area contributed by atoms with Gasteiger partial charge in [-0.2, -0.15) is 0 Å². The van der Waals surface area contributed by atoms with E-state index >= 15 is 0 Å². The first-order chi connectivity index (χ1) is 13.1. The molecule has 1 amide bonds. The molecule has 1 aliphatic rings. The van der Waals surface area contributed by atoms with E-state index < -0.39 is 11.9 Å². The molecule has 27 heavy (non-hydrogen) atoms. The Morgan fingerprint density at radius 2 is 1.78 bits per heavy atom. The Bertz CT molecular complexity index is 964. The topological polar surface area (TPSA) is 73.4 Å². The Labute approximate surface area is 157 Å². The van der Waals surface area contributed by atoms with Crippen molar-refractivity contribution in [2.75, 3.05) is 13.1 Å². The SMILES string of the molecule is O=C(O)[C@@H]1CN(C(=O)CCc2c[nH]c3ccccc23)C[C@@H]1c1ccccc1. The first-order valence-electron chi connectivity index (χ1n) is 9.24. The van der Waals surface area contributed by atoms with E-state index in [1.54, 1.807) is 4.90 Å². The Morgan fingerprint density at radius 3 is 2.56 bits per heavy atom. The van der Waals surface area contributed by atoms with Gasteiger partial charge in [-0.3, -0.25) is 9.59 Å². The molecule has 4 rings (SSSR count). The lowest BCUT2D eigenvalue weighted by molar-refractivity contribution is -0.141. The number of aromatic amines is 1. The highest BCUT2D eigenvalue weighted by Crippen LogP contribution is 2.33. The fraction of sp³-hybridized carbons (Fsp3) is 0.273. The predicted molar refractivity (Wildman–Crippen MR) is 104 cm³/mol. The van der Waals surface area contributed by atoms with Crippen LogP contribution in [0.1, 0.15) is 23.5 Å². The van der Waals surface area contributed by atoms with E-state index in [-0.39, 0.29) is 18.4 Å². The van der Waals surface area contributed by atoms with Crippen LogP contribution in [0.2, 0.25) is 0 Å². The number of nitrogens with zero attached hydrogens (tertiary/aromatic N) is 1. The van der Waals surface area contributed by atoms with Gasteiger partial charge in [0.1, 0.15) is 0 Å². The standard InChI is InChI=1S/C22H22N2O3/c25-21(11-10-16-12-23-20-9-5-4-8-17(16)20)24-13-18(19(14-24)22(26)27)15-6-2-1-3-7-15/h1-9,12,18-19,23H,10-11,13-14H2,(H,26,27)/t18-,19-/m1/s1. The van der Waals surface area contributed by atoms with Gasteiger partial charge < -0.3 is 15.0 Å². The van der Waals surface area contributed by atoms with Crippen LogP contribution in [-0.4, -0.2) is 40.0 Å². The molecule has 1 saturated heterocycles. The van der Waals surface area contributed by atoms with E-state index in [1.807, 2.05) is 60.8 Å². The van der Waals surface area contributed by atoms with E-state index in [9.17, 15) is 14.7 Å². The minimum atomic E-state index is -0.837. The zero-order chi connectivity index (χ0) is 18.8. The molecule has 0 radical (unpaired) electrons. The molecule has 2 N–H and O–H groups in total. The number of carboxylic acid groups (broad SMARTS) is 1. The molecule has 1 aromatic heterocycles. The number of carbonyl (C=O) groups is 2. The second-order valence-corrected chi connectivity index (χ2v) is 7.12. The molecule has 5 heteroatoms. The molecule has 0 spiro atoms. The third kappa shape index (κ3) is 3.45. The van der Waals surface area contributed by atoms with Crippen LogP contribution in [0.15, 0.2) is 60.8 Å². The van der Waals surface area contributed by atoms with E-state index in [2.05, 4.69) is 4.98 Å². The number of amides is 1. The number of carbonyl (C=O) groups excluding carboxylic acids is 1. The van der Waals surface area contributed by atoms with Crippen molar-refractivity contribution in [3.8, 4) is 0 Å². The highest BCUT2D eigenvalue weighted by atomic mass is 16.4. The lowest BCUT2D eigenvalue weighted by Crippen LogP contribution is -2.30. The van der Waals surface area contributed by atoms with Gasteiger partial charge in [-0.1, -0.05) is 48.5 Å². The average molecular weight is 362 g/mol. The number of aromatic nitrogens is 1. The van der Waals surface area contributed by atoms with Crippen LogP contribution in [0, 0.1) is 5.92 Å². The van der Waals surface area contributed by atoms with Gasteiger partial charge in [0.15, 0.2) is 0 Å². The molecule has 2 aromatic carbocycles. The number of hydrogen-bond donors (Lipinski definition) is 2. The summed E-state index contributed by atoms with van der Waals surface area (Å²) in [5, 5.41) is 10.7. The van der Waals surface area contributed by atoms with Gasteiger partial charge in [0.2, 0.25) is 5.91 Å². The molecule has 0 bridgehead atoms. The average Bonchev–Trinajstić information content (AvgIpc) is 3.32. The minimum Gasteiger partial charge on any atom is -0.481 e. The monoisotopic (exact) mass is 362 g/mol. The van der Waals surface area contributed by atoms with E-state index in [0.717, 1.165) is 22.0 Å². The number of fused-ring (bicyclic) bond motifs is 1. The number of carboxylic acids is 1. The fourth-order valence-corrected chi connectivity index (χ4v) is 4.03. The van der Waals surface area contributed by atoms with Gasteiger partial charge in [-0.05, 0) is 23.6 Å². The van der Waals surface area contributed by atoms with Gasteiger partial charge in [0, 0.05) is 42.5 Å². The molecular weight excluding hydrogens is 340 g/mol. The number of benzene rings is 2. The van der Waals surface area contributed by atoms with Crippen LogP contribution in [0.4, 0.5) is 0 Å². The number of nitrogens with one attached hydrogen (secondary N) is 1. The highest BCUT2D eigenvalue weighted by molar-refractivity contribution is 5.84. The number of hydrogen-bond acceptors (Lipinski definition) is 2. The van der Waals surface area contributed by atoms with Crippen molar-refractivity contribution in [2.45, 2.75) is 18.8 Å². The van der Waals surface area contributed by atoms with Crippen molar-refractivity contribution >= 4 is 22.8 Å². The summed E-state index contributed by atoms with van der Waals surface area (Å²) < 4.78 is 0. The smallest absolute Gasteiger partial charge is 0.308 e. The highest BCUT2D eigenvalue weighted by Gasteiger charge is 2.40. The van der Waals surface area contributed by atoms with Gasteiger partial charge in [-0.25, -0.2) is 0 Å². The lowest BCUT2D eigenvalue weighted by Gasteiger charge is -2.16. The maximum Gasteiger partial charge on any atom is 0.308 e. The molecule has 0 aliphatic carbocycles. The molecular formula is C22H22N2O3. The second-order valence-electron chi connectivity index (χ2n) is 7.12. The van der Waals surface area contributed by atoms with Crippen LogP contribution in [-0.2, 0) is 16.0 Å². The summed E-state index contributed by atoms with van der Waals surface area (Å²) in [7, 11) is 0. The van der Waals surface area contributed by atoms with E-state index in [1.165, 1.54) is 0 Å². The van der Waals surface area contributed by atoms with Crippen molar-refractivity contribution in [3.63, 3.8) is 0 Å². The van der Waals surface area contributed by atoms with Gasteiger partial charge in [0.05, 0.1) is 5.92 Å². The number of likely N-dealkylation sites (tertiary alicyclic amines) is 1. The van der Waals surface area contributed by atoms with Crippen molar-refractivity contribution in [2.24, 2.45) is 5.92 Å². The van der Waals surface area contributed by atoms with Gasteiger partial charge >= 0.3 is 5.97 Å². The lowest BCUT2D eigenvalue weighted by atomic mass is 9.89. The van der Waals surface area contributed by atoms with Crippen molar-refractivity contribution in [3.05, 3.63) is 71.9 Å². The summed E-state index contributed by atoms with van der Waals surface area (Å²) in [6.07, 6.45) is 2.98. The Kier molecular flexibility index (Phi) is 4.67. The third-order valence-electron chi connectivity index (χ3n) is 5.50. The molecule has 3 aromatic rings. The summed E-state index contributed by atoms with van der Waals surface area (Å²) in [6, 6.07) is 17.7. The number of H-pyrrole nitrogens is 1. The molecule has 1 aliphatic heterocycles. The quantitative estimate of drug-likeness (QED) is 0.730. The normalized spacial score (nSPS) is 19.5. The maximum absolute atomic E-state index is 12.7. The molecule has 2 heterocycles. The molecule has 5 nitrogen and oxygen atoms in total. The summed E-state index contributed by atoms with van der Waals surface area (Å²) in [5.41, 5.74) is 3.17. The van der Waals surface area contributed by atoms with Crippen molar-refractivity contribution < 1.29 is 14.7 Å². The Balaban J connectivity index is 1.45. The zero-order valence-corrected chi connectivity index (χ0v) is 15.0. The molecule has 0 saturated carbocycles. The Hall–Kier alpha value is -3.08. The minimum absolute atomic E-state index is 0.0185. The molecule has 0 unspecified atom stereocenters. The number of aryl methyl sites for hydroxylation is 1. The first kappa shape index (κ1) is 17.3. The summed E-state index contributed by atoms with van der Waals surface area (Å²) in [4.78, 5) is 29.4. The number of rotatable bonds is 5. The van der Waals surface area contributed by atoms with Crippen LogP contribution in [0.25, 0.3) is 10.9 Å². The van der Waals surface area contributed by atoms with Crippen molar-refractivity contribution in [1.82, 2.24) is 9.88 Å². The van der Waals surface area contributed by atoms with Crippen LogP contribution in [0.5, 0.6) is 0 Å². The Morgan fingerprint density at radius 1 is 1.04 bits per heavy atom. The van der Waals surface area contributed by atoms with Gasteiger partial charge in [-0.15, -0.1) is 0 Å². The molecule has 1 fully saturated rings. The number of para-hydroxylation sites is 1.